The molecule has 0 aliphatic heterocycles. The molecule has 0 atom stereocenters. The fourth-order valence-corrected chi connectivity index (χ4v) is 2.39. The number of rotatable bonds is 4. The summed E-state index contributed by atoms with van der Waals surface area (Å²) in [5.74, 6) is -0.217. The van der Waals surface area contributed by atoms with Crippen LogP contribution in [0, 0.1) is 6.92 Å². The number of anilines is 1. The van der Waals surface area contributed by atoms with Crippen LogP contribution >= 0.6 is 11.3 Å². The number of hydrogen-bond acceptors (Lipinski definition) is 3. The third-order valence-electron chi connectivity index (χ3n) is 2.51. The van der Waals surface area contributed by atoms with E-state index in [1.165, 1.54) is 22.6 Å². The Morgan fingerprint density at radius 1 is 1.16 bits per heavy atom. The normalized spacial score (nSPS) is 11.4. The quantitative estimate of drug-likeness (QED) is 0.889. The van der Waals surface area contributed by atoms with Crippen LogP contribution in [0.3, 0.4) is 0 Å². The molecule has 1 heterocycles. The van der Waals surface area contributed by atoms with Gasteiger partial charge in [-0.15, -0.1) is 24.5 Å². The van der Waals surface area contributed by atoms with Crippen LogP contribution in [0.15, 0.2) is 35.7 Å². The molecule has 2 nitrogen and oxygen atoms in total. The average molecular weight is 287 g/mol. The third kappa shape index (κ3) is 4.17. The van der Waals surface area contributed by atoms with Crippen LogP contribution in [-0.2, 0) is 6.54 Å². The summed E-state index contributed by atoms with van der Waals surface area (Å²) >= 11 is 1.64. The Morgan fingerprint density at radius 3 is 2.37 bits per heavy atom. The van der Waals surface area contributed by atoms with Gasteiger partial charge in [-0.25, -0.2) is 0 Å². The SMILES string of the molecule is Cc1ccsc1CNc1ccc(OC(F)(F)F)cc1. The van der Waals surface area contributed by atoms with Gasteiger partial charge in [0.25, 0.3) is 0 Å². The maximum absolute atomic E-state index is 12.0. The van der Waals surface area contributed by atoms with Crippen molar-refractivity contribution in [1.29, 1.82) is 0 Å². The van der Waals surface area contributed by atoms with E-state index in [-0.39, 0.29) is 5.75 Å². The van der Waals surface area contributed by atoms with Crippen molar-refractivity contribution in [3.63, 3.8) is 0 Å². The first-order chi connectivity index (χ1) is 8.94. The number of benzene rings is 1. The highest BCUT2D eigenvalue weighted by molar-refractivity contribution is 7.10. The van der Waals surface area contributed by atoms with E-state index < -0.39 is 6.36 Å². The van der Waals surface area contributed by atoms with Gasteiger partial charge in [0.15, 0.2) is 0 Å². The van der Waals surface area contributed by atoms with Crippen LogP contribution in [0.1, 0.15) is 10.4 Å². The van der Waals surface area contributed by atoms with Gasteiger partial charge in [-0.1, -0.05) is 0 Å². The predicted molar refractivity (Wildman–Crippen MR) is 69.5 cm³/mol. The van der Waals surface area contributed by atoms with Crippen molar-refractivity contribution in [2.24, 2.45) is 0 Å². The second kappa shape index (κ2) is 5.52. The van der Waals surface area contributed by atoms with Crippen LogP contribution in [0.2, 0.25) is 0 Å². The molecule has 0 bridgehead atoms. The topological polar surface area (TPSA) is 21.3 Å². The van der Waals surface area contributed by atoms with Crippen LogP contribution in [0.5, 0.6) is 5.75 Å². The Bertz CT molecular complexity index is 534. The Balaban J connectivity index is 1.94. The highest BCUT2D eigenvalue weighted by Gasteiger charge is 2.30. The second-order valence-electron chi connectivity index (χ2n) is 3.95. The lowest BCUT2D eigenvalue weighted by Gasteiger charge is -2.10. The van der Waals surface area contributed by atoms with Crippen LogP contribution in [0.25, 0.3) is 0 Å². The molecular formula is C13H12F3NOS. The highest BCUT2D eigenvalue weighted by atomic mass is 32.1. The zero-order chi connectivity index (χ0) is 13.9. The molecule has 6 heteroatoms. The molecule has 0 aliphatic carbocycles. The second-order valence-corrected chi connectivity index (χ2v) is 4.95. The minimum atomic E-state index is -4.65. The number of nitrogens with one attached hydrogen (secondary N) is 1. The van der Waals surface area contributed by atoms with E-state index >= 15 is 0 Å². The van der Waals surface area contributed by atoms with Crippen molar-refractivity contribution in [1.82, 2.24) is 0 Å². The molecule has 0 aliphatic rings. The van der Waals surface area contributed by atoms with Gasteiger partial charge in [-0.3, -0.25) is 0 Å². The van der Waals surface area contributed by atoms with Crippen LogP contribution < -0.4 is 10.1 Å². The largest absolute Gasteiger partial charge is 0.573 e. The molecular weight excluding hydrogens is 275 g/mol. The van der Waals surface area contributed by atoms with E-state index in [0.717, 1.165) is 5.69 Å². The molecule has 0 fully saturated rings. The fourth-order valence-electron chi connectivity index (χ4n) is 1.54. The molecule has 0 amide bonds. The molecule has 1 N–H and O–H groups in total. The average Bonchev–Trinajstić information content (AvgIpc) is 2.72. The molecule has 0 unspecified atom stereocenters. The van der Waals surface area contributed by atoms with Crippen molar-refractivity contribution in [2.75, 3.05) is 5.32 Å². The maximum atomic E-state index is 12.0. The van der Waals surface area contributed by atoms with E-state index in [1.54, 1.807) is 23.5 Å². The Kier molecular flexibility index (Phi) is 3.99. The monoisotopic (exact) mass is 287 g/mol. The standard InChI is InChI=1S/C13H12F3NOS/c1-9-6-7-19-12(9)8-17-10-2-4-11(5-3-10)18-13(14,15)16/h2-7,17H,8H2,1H3. The van der Waals surface area contributed by atoms with Gasteiger partial charge in [0.1, 0.15) is 5.75 Å². The minimum Gasteiger partial charge on any atom is -0.406 e. The number of hydrogen-bond donors (Lipinski definition) is 1. The number of ether oxygens (including phenoxy) is 1. The van der Waals surface area contributed by atoms with Gasteiger partial charge in [0.05, 0.1) is 0 Å². The first kappa shape index (κ1) is 13.7. The van der Waals surface area contributed by atoms with Gasteiger partial charge in [0.2, 0.25) is 0 Å². The van der Waals surface area contributed by atoms with E-state index in [4.69, 9.17) is 0 Å². The van der Waals surface area contributed by atoms with Crippen molar-refractivity contribution >= 4 is 17.0 Å². The first-order valence-electron chi connectivity index (χ1n) is 5.57. The lowest BCUT2D eigenvalue weighted by molar-refractivity contribution is -0.274. The lowest BCUT2D eigenvalue weighted by Crippen LogP contribution is -2.17. The molecule has 19 heavy (non-hydrogen) atoms. The van der Waals surface area contributed by atoms with Crippen molar-refractivity contribution in [2.45, 2.75) is 19.8 Å². The Morgan fingerprint density at radius 2 is 1.84 bits per heavy atom. The number of thiophene rings is 1. The molecule has 1 aromatic carbocycles. The molecule has 0 spiro atoms. The molecule has 2 aromatic rings. The summed E-state index contributed by atoms with van der Waals surface area (Å²) in [6.45, 7) is 2.68. The van der Waals surface area contributed by atoms with Gasteiger partial charge < -0.3 is 10.1 Å². The predicted octanol–water partition coefficient (Wildman–Crippen LogP) is 4.57. The Hall–Kier alpha value is -1.69. The summed E-state index contributed by atoms with van der Waals surface area (Å²) < 4.78 is 39.8. The van der Waals surface area contributed by atoms with Gasteiger partial charge in [-0.2, -0.15) is 0 Å². The third-order valence-corrected chi connectivity index (χ3v) is 3.53. The zero-order valence-electron chi connectivity index (χ0n) is 10.1. The smallest absolute Gasteiger partial charge is 0.406 e. The van der Waals surface area contributed by atoms with E-state index in [0.29, 0.717) is 6.54 Å². The van der Waals surface area contributed by atoms with Gasteiger partial charge in [-0.05, 0) is 48.2 Å². The maximum Gasteiger partial charge on any atom is 0.573 e. The molecule has 0 saturated carbocycles. The summed E-state index contributed by atoms with van der Waals surface area (Å²) in [7, 11) is 0. The van der Waals surface area contributed by atoms with E-state index in [9.17, 15) is 13.2 Å². The van der Waals surface area contributed by atoms with Gasteiger partial charge >= 0.3 is 6.36 Å². The van der Waals surface area contributed by atoms with E-state index in [1.807, 2.05) is 18.4 Å². The summed E-state index contributed by atoms with van der Waals surface area (Å²) in [5.41, 5.74) is 1.96. The lowest BCUT2D eigenvalue weighted by atomic mass is 10.2. The number of alkyl halides is 3. The van der Waals surface area contributed by atoms with Crippen molar-refractivity contribution in [3.8, 4) is 5.75 Å². The van der Waals surface area contributed by atoms with Crippen LogP contribution in [0.4, 0.5) is 18.9 Å². The summed E-state index contributed by atoms with van der Waals surface area (Å²) in [4.78, 5) is 1.20. The summed E-state index contributed by atoms with van der Waals surface area (Å²) in [6.07, 6.45) is -4.65. The number of halogens is 3. The van der Waals surface area contributed by atoms with E-state index in [2.05, 4.69) is 10.1 Å². The van der Waals surface area contributed by atoms with Crippen molar-refractivity contribution < 1.29 is 17.9 Å². The van der Waals surface area contributed by atoms with Crippen LogP contribution in [-0.4, -0.2) is 6.36 Å². The highest BCUT2D eigenvalue weighted by Crippen LogP contribution is 2.24. The Labute approximate surface area is 112 Å². The van der Waals surface area contributed by atoms with Crippen molar-refractivity contribution in [3.05, 3.63) is 46.2 Å². The number of aryl methyl sites for hydroxylation is 1. The zero-order valence-corrected chi connectivity index (χ0v) is 10.9. The molecule has 0 radical (unpaired) electrons. The fraction of sp³-hybridized carbons (Fsp3) is 0.231. The molecule has 102 valence electrons. The molecule has 0 saturated heterocycles. The first-order valence-corrected chi connectivity index (χ1v) is 6.45. The molecule has 1 aromatic heterocycles. The summed E-state index contributed by atoms with van der Waals surface area (Å²) in [6, 6.07) is 7.73. The van der Waals surface area contributed by atoms with Gasteiger partial charge in [0, 0.05) is 17.1 Å². The summed E-state index contributed by atoms with van der Waals surface area (Å²) in [5, 5.41) is 5.16. The molecule has 2 rings (SSSR count). The minimum absolute atomic E-state index is 0.217.